The third-order valence-corrected chi connectivity index (χ3v) is 5.23. The Morgan fingerprint density at radius 1 is 0.808 bits per heavy atom. The Hall–Kier alpha value is -2.46. The van der Waals surface area contributed by atoms with Gasteiger partial charge in [0.05, 0.1) is 10.9 Å². The van der Waals surface area contributed by atoms with Gasteiger partial charge in [-0.3, -0.25) is 9.36 Å². The maximum Gasteiger partial charge on any atom is 0.261 e. The Balaban J connectivity index is 1.73. The molecule has 4 nitrogen and oxygen atoms in total. The molecule has 0 spiro atoms. The van der Waals surface area contributed by atoms with Crippen LogP contribution in [0.4, 0.5) is 0 Å². The molecule has 0 atom stereocenters. The van der Waals surface area contributed by atoms with E-state index in [1.54, 1.807) is 0 Å². The van der Waals surface area contributed by atoms with Crippen LogP contribution in [0.5, 0.6) is 0 Å². The number of hydrogen-bond donors (Lipinski definition) is 0. The molecule has 2 heterocycles. The molecule has 1 fully saturated rings. The minimum atomic E-state index is 0.0595. The zero-order valence-electron chi connectivity index (χ0n) is 15.1. The molecule has 4 heteroatoms. The first-order valence-electron chi connectivity index (χ1n) is 9.60. The SMILES string of the molecule is O=c1c2ccccc2nc(-c2ccccc2)n1CCN1CCCCCC1. The van der Waals surface area contributed by atoms with Crippen molar-refractivity contribution in [3.63, 3.8) is 0 Å². The number of likely N-dealkylation sites (tertiary alicyclic amines) is 1. The van der Waals surface area contributed by atoms with Crippen LogP contribution >= 0.6 is 0 Å². The van der Waals surface area contributed by atoms with Crippen molar-refractivity contribution < 1.29 is 0 Å². The average Bonchev–Trinajstić information content (AvgIpc) is 2.97. The van der Waals surface area contributed by atoms with Crippen LogP contribution in [0.1, 0.15) is 25.7 Å². The maximum absolute atomic E-state index is 13.2. The van der Waals surface area contributed by atoms with Gasteiger partial charge in [0, 0.05) is 18.7 Å². The quantitative estimate of drug-likeness (QED) is 0.717. The second-order valence-corrected chi connectivity index (χ2v) is 7.03. The predicted molar refractivity (Wildman–Crippen MR) is 106 cm³/mol. The molecule has 26 heavy (non-hydrogen) atoms. The van der Waals surface area contributed by atoms with E-state index in [1.165, 1.54) is 25.7 Å². The van der Waals surface area contributed by atoms with Gasteiger partial charge in [-0.2, -0.15) is 0 Å². The summed E-state index contributed by atoms with van der Waals surface area (Å²) in [7, 11) is 0. The van der Waals surface area contributed by atoms with Crippen LogP contribution in [0.25, 0.3) is 22.3 Å². The molecule has 0 N–H and O–H groups in total. The van der Waals surface area contributed by atoms with Crippen LogP contribution in [-0.4, -0.2) is 34.1 Å². The van der Waals surface area contributed by atoms with Crippen molar-refractivity contribution in [3.05, 3.63) is 65.0 Å². The Labute approximate surface area is 154 Å². The number of nitrogens with zero attached hydrogens (tertiary/aromatic N) is 3. The molecule has 0 saturated carbocycles. The molecule has 1 aromatic heterocycles. The van der Waals surface area contributed by atoms with E-state index < -0.39 is 0 Å². The minimum absolute atomic E-state index is 0.0595. The molecule has 1 aliphatic rings. The molecular weight excluding hydrogens is 322 g/mol. The van der Waals surface area contributed by atoms with Crippen molar-refractivity contribution in [2.75, 3.05) is 19.6 Å². The second-order valence-electron chi connectivity index (χ2n) is 7.03. The highest BCUT2D eigenvalue weighted by Gasteiger charge is 2.14. The smallest absolute Gasteiger partial charge is 0.261 e. The fraction of sp³-hybridized carbons (Fsp3) is 0.364. The largest absolute Gasteiger partial charge is 0.302 e. The first kappa shape index (κ1) is 17.0. The molecule has 1 saturated heterocycles. The zero-order chi connectivity index (χ0) is 17.8. The van der Waals surface area contributed by atoms with Gasteiger partial charge in [0.15, 0.2) is 0 Å². The van der Waals surface area contributed by atoms with Gasteiger partial charge in [-0.1, -0.05) is 55.3 Å². The lowest BCUT2D eigenvalue weighted by Crippen LogP contribution is -2.33. The van der Waals surface area contributed by atoms with Crippen LogP contribution in [0, 0.1) is 0 Å². The summed E-state index contributed by atoms with van der Waals surface area (Å²) in [6.45, 7) is 3.85. The lowest BCUT2D eigenvalue weighted by molar-refractivity contribution is 0.272. The highest BCUT2D eigenvalue weighted by Crippen LogP contribution is 2.19. The highest BCUT2D eigenvalue weighted by atomic mass is 16.1. The van der Waals surface area contributed by atoms with Gasteiger partial charge in [0.25, 0.3) is 5.56 Å². The third kappa shape index (κ3) is 3.56. The topological polar surface area (TPSA) is 38.1 Å². The molecule has 134 valence electrons. The number of fused-ring (bicyclic) bond motifs is 1. The fourth-order valence-corrected chi connectivity index (χ4v) is 3.78. The van der Waals surface area contributed by atoms with Crippen molar-refractivity contribution in [3.8, 4) is 11.4 Å². The summed E-state index contributed by atoms with van der Waals surface area (Å²) in [6.07, 6.45) is 5.17. The summed E-state index contributed by atoms with van der Waals surface area (Å²) in [5.41, 5.74) is 1.82. The molecule has 2 aromatic carbocycles. The van der Waals surface area contributed by atoms with Crippen molar-refractivity contribution in [1.29, 1.82) is 0 Å². The van der Waals surface area contributed by atoms with Crippen molar-refractivity contribution in [1.82, 2.24) is 14.5 Å². The number of benzene rings is 2. The molecule has 4 rings (SSSR count). The van der Waals surface area contributed by atoms with Gasteiger partial charge in [0.2, 0.25) is 0 Å². The van der Waals surface area contributed by atoms with Gasteiger partial charge in [0.1, 0.15) is 5.82 Å². The number of para-hydroxylation sites is 1. The van der Waals surface area contributed by atoms with E-state index in [0.29, 0.717) is 11.9 Å². The van der Waals surface area contributed by atoms with Gasteiger partial charge in [-0.15, -0.1) is 0 Å². The molecule has 0 radical (unpaired) electrons. The molecule has 3 aromatic rings. The van der Waals surface area contributed by atoms with Crippen molar-refractivity contribution in [2.24, 2.45) is 0 Å². The lowest BCUT2D eigenvalue weighted by atomic mass is 10.2. The Bertz CT molecular complexity index is 925. The Morgan fingerprint density at radius 3 is 2.27 bits per heavy atom. The van der Waals surface area contributed by atoms with E-state index in [-0.39, 0.29) is 5.56 Å². The van der Waals surface area contributed by atoms with Crippen molar-refractivity contribution >= 4 is 10.9 Å². The Kier molecular flexibility index (Phi) is 5.12. The van der Waals surface area contributed by atoms with E-state index in [4.69, 9.17) is 4.98 Å². The standard InChI is InChI=1S/C22H25N3O/c26-22-19-12-6-7-13-20(19)23-21(18-10-4-3-5-11-18)25(22)17-16-24-14-8-1-2-9-15-24/h3-7,10-13H,1-2,8-9,14-17H2. The molecular formula is C22H25N3O. The van der Waals surface area contributed by atoms with E-state index in [2.05, 4.69) is 4.90 Å². The summed E-state index contributed by atoms with van der Waals surface area (Å²) in [5.74, 6) is 0.768. The number of rotatable bonds is 4. The highest BCUT2D eigenvalue weighted by molar-refractivity contribution is 5.79. The van der Waals surface area contributed by atoms with Gasteiger partial charge < -0.3 is 4.90 Å². The molecule has 1 aliphatic heterocycles. The number of aromatic nitrogens is 2. The zero-order valence-corrected chi connectivity index (χ0v) is 15.1. The Morgan fingerprint density at radius 2 is 1.50 bits per heavy atom. The van der Waals surface area contributed by atoms with E-state index in [9.17, 15) is 4.79 Å². The summed E-state index contributed by atoms with van der Waals surface area (Å²) in [6, 6.07) is 17.7. The van der Waals surface area contributed by atoms with Crippen LogP contribution in [-0.2, 0) is 6.54 Å². The monoisotopic (exact) mass is 347 g/mol. The predicted octanol–water partition coefficient (Wildman–Crippen LogP) is 3.94. The van der Waals surface area contributed by atoms with E-state index in [0.717, 1.165) is 36.5 Å². The van der Waals surface area contributed by atoms with Gasteiger partial charge >= 0.3 is 0 Å². The normalized spacial score (nSPS) is 15.8. The molecule has 0 unspecified atom stereocenters. The van der Waals surface area contributed by atoms with Crippen molar-refractivity contribution in [2.45, 2.75) is 32.2 Å². The van der Waals surface area contributed by atoms with Crippen LogP contribution in [0.15, 0.2) is 59.4 Å². The van der Waals surface area contributed by atoms with Crippen LogP contribution < -0.4 is 5.56 Å². The average molecular weight is 347 g/mol. The van der Waals surface area contributed by atoms with Gasteiger partial charge in [-0.05, 0) is 38.1 Å². The molecule has 0 bridgehead atoms. The van der Waals surface area contributed by atoms with Crippen LogP contribution in [0.2, 0.25) is 0 Å². The van der Waals surface area contributed by atoms with E-state index in [1.807, 2.05) is 59.2 Å². The summed E-state index contributed by atoms with van der Waals surface area (Å²) in [5, 5.41) is 0.697. The molecule has 0 aliphatic carbocycles. The van der Waals surface area contributed by atoms with E-state index >= 15 is 0 Å². The summed E-state index contributed by atoms with van der Waals surface area (Å²) >= 11 is 0. The maximum atomic E-state index is 13.2. The fourth-order valence-electron chi connectivity index (χ4n) is 3.78. The van der Waals surface area contributed by atoms with Gasteiger partial charge in [-0.25, -0.2) is 4.98 Å². The minimum Gasteiger partial charge on any atom is -0.302 e. The molecule has 0 amide bonds. The second kappa shape index (κ2) is 7.83. The van der Waals surface area contributed by atoms with Crippen LogP contribution in [0.3, 0.4) is 0 Å². The number of hydrogen-bond acceptors (Lipinski definition) is 3. The first-order chi connectivity index (χ1) is 12.8. The first-order valence-corrected chi connectivity index (χ1v) is 9.60. The summed E-state index contributed by atoms with van der Waals surface area (Å²) in [4.78, 5) is 20.5. The summed E-state index contributed by atoms with van der Waals surface area (Å²) < 4.78 is 1.86. The lowest BCUT2D eigenvalue weighted by Gasteiger charge is -2.21. The third-order valence-electron chi connectivity index (χ3n) is 5.23.